The number of carbonyl (C=O) groups excluding carboxylic acids is 1. The van der Waals surface area contributed by atoms with E-state index in [2.05, 4.69) is 19.0 Å². The molecular formula is C17H25NO3. The van der Waals surface area contributed by atoms with E-state index in [-0.39, 0.29) is 6.10 Å². The molecule has 0 aliphatic heterocycles. The van der Waals surface area contributed by atoms with Gasteiger partial charge in [0.2, 0.25) is 0 Å². The van der Waals surface area contributed by atoms with Crippen LogP contribution in [0.25, 0.3) is 0 Å². The summed E-state index contributed by atoms with van der Waals surface area (Å²) in [6.45, 7) is 2.49. The van der Waals surface area contributed by atoms with Crippen molar-refractivity contribution in [2.45, 2.75) is 44.8 Å². The van der Waals surface area contributed by atoms with Crippen LogP contribution >= 0.6 is 0 Å². The van der Waals surface area contributed by atoms with E-state index in [9.17, 15) is 4.79 Å². The van der Waals surface area contributed by atoms with E-state index in [1.165, 1.54) is 12.8 Å². The van der Waals surface area contributed by atoms with Gasteiger partial charge in [-0.3, -0.25) is 4.79 Å². The van der Waals surface area contributed by atoms with Crippen LogP contribution in [-0.2, 0) is 0 Å². The minimum absolute atomic E-state index is 0.176. The summed E-state index contributed by atoms with van der Waals surface area (Å²) in [5.41, 5.74) is 0.610. The first-order valence-corrected chi connectivity index (χ1v) is 7.70. The SMILES string of the molecule is CCOc1cc(C=O)ccc1OC1CCCCC1N(C)C. The van der Waals surface area contributed by atoms with E-state index < -0.39 is 0 Å². The molecule has 0 N–H and O–H groups in total. The van der Waals surface area contributed by atoms with Crippen molar-refractivity contribution in [2.24, 2.45) is 0 Å². The zero-order chi connectivity index (χ0) is 15.2. The second-order valence-corrected chi connectivity index (χ2v) is 5.73. The molecule has 1 aromatic carbocycles. The van der Waals surface area contributed by atoms with Crippen molar-refractivity contribution < 1.29 is 14.3 Å². The Bertz CT molecular complexity index is 473. The highest BCUT2D eigenvalue weighted by molar-refractivity contribution is 5.76. The van der Waals surface area contributed by atoms with E-state index >= 15 is 0 Å². The number of ether oxygens (including phenoxy) is 2. The fourth-order valence-electron chi connectivity index (χ4n) is 2.93. The summed E-state index contributed by atoms with van der Waals surface area (Å²) in [4.78, 5) is 13.1. The number of nitrogens with zero attached hydrogens (tertiary/aromatic N) is 1. The molecule has 0 aromatic heterocycles. The Morgan fingerprint density at radius 2 is 2.00 bits per heavy atom. The van der Waals surface area contributed by atoms with Gasteiger partial charge in [0.15, 0.2) is 11.5 Å². The van der Waals surface area contributed by atoms with Gasteiger partial charge in [-0.15, -0.1) is 0 Å². The van der Waals surface area contributed by atoms with E-state index in [1.807, 2.05) is 13.0 Å². The summed E-state index contributed by atoms with van der Waals surface area (Å²) in [5, 5.41) is 0. The van der Waals surface area contributed by atoms with Gasteiger partial charge in [0.1, 0.15) is 12.4 Å². The number of carbonyl (C=O) groups is 1. The van der Waals surface area contributed by atoms with Gasteiger partial charge in [-0.05, 0) is 58.5 Å². The number of benzene rings is 1. The summed E-state index contributed by atoms with van der Waals surface area (Å²) < 4.78 is 11.8. The van der Waals surface area contributed by atoms with Gasteiger partial charge in [-0.2, -0.15) is 0 Å². The molecule has 0 bridgehead atoms. The predicted molar refractivity (Wildman–Crippen MR) is 83.4 cm³/mol. The van der Waals surface area contributed by atoms with E-state index in [0.717, 1.165) is 24.9 Å². The first kappa shape index (κ1) is 15.8. The molecule has 4 nitrogen and oxygen atoms in total. The molecule has 0 spiro atoms. The summed E-state index contributed by atoms with van der Waals surface area (Å²) >= 11 is 0. The third-order valence-electron chi connectivity index (χ3n) is 4.01. The number of rotatable bonds is 6. The third-order valence-corrected chi connectivity index (χ3v) is 4.01. The third kappa shape index (κ3) is 3.97. The monoisotopic (exact) mass is 291 g/mol. The van der Waals surface area contributed by atoms with Crippen molar-refractivity contribution in [2.75, 3.05) is 20.7 Å². The van der Waals surface area contributed by atoms with Gasteiger partial charge < -0.3 is 14.4 Å². The molecule has 1 aliphatic rings. The number of likely N-dealkylation sites (N-methyl/N-ethyl adjacent to an activating group) is 1. The van der Waals surface area contributed by atoms with Crippen molar-refractivity contribution in [3.8, 4) is 11.5 Å². The van der Waals surface area contributed by atoms with Crippen molar-refractivity contribution in [1.29, 1.82) is 0 Å². The molecule has 1 saturated carbocycles. The van der Waals surface area contributed by atoms with Gasteiger partial charge in [0, 0.05) is 11.6 Å². The molecule has 0 radical (unpaired) electrons. The highest BCUT2D eigenvalue weighted by Crippen LogP contribution is 2.33. The molecule has 1 aliphatic carbocycles. The number of aldehydes is 1. The highest BCUT2D eigenvalue weighted by Gasteiger charge is 2.29. The number of hydrogen-bond acceptors (Lipinski definition) is 4. The Morgan fingerprint density at radius 1 is 1.24 bits per heavy atom. The standard InChI is InChI=1S/C17H25NO3/c1-4-20-17-11-13(12-19)9-10-16(17)21-15-8-6-5-7-14(15)18(2)3/h9-12,14-15H,4-8H2,1-3H3. The Hall–Kier alpha value is -1.55. The molecule has 0 saturated heterocycles. The topological polar surface area (TPSA) is 38.8 Å². The second-order valence-electron chi connectivity index (χ2n) is 5.73. The lowest BCUT2D eigenvalue weighted by atomic mass is 9.91. The summed E-state index contributed by atoms with van der Waals surface area (Å²) in [7, 11) is 4.20. The minimum atomic E-state index is 0.176. The quantitative estimate of drug-likeness (QED) is 0.755. The van der Waals surface area contributed by atoms with E-state index in [4.69, 9.17) is 9.47 Å². The van der Waals surface area contributed by atoms with Crippen molar-refractivity contribution in [1.82, 2.24) is 4.90 Å². The maximum Gasteiger partial charge on any atom is 0.161 e. The molecule has 1 aromatic rings. The maximum absolute atomic E-state index is 10.9. The second kappa shape index (κ2) is 7.46. The Kier molecular flexibility index (Phi) is 5.62. The molecule has 116 valence electrons. The summed E-state index contributed by atoms with van der Waals surface area (Å²) in [5.74, 6) is 1.39. The zero-order valence-corrected chi connectivity index (χ0v) is 13.2. The van der Waals surface area contributed by atoms with E-state index in [0.29, 0.717) is 24.0 Å². The molecule has 4 heteroatoms. The maximum atomic E-state index is 10.9. The molecule has 21 heavy (non-hydrogen) atoms. The zero-order valence-electron chi connectivity index (χ0n) is 13.2. The highest BCUT2D eigenvalue weighted by atomic mass is 16.5. The van der Waals surface area contributed by atoms with Crippen LogP contribution in [0.15, 0.2) is 18.2 Å². The lowest BCUT2D eigenvalue weighted by Crippen LogP contribution is -2.44. The van der Waals surface area contributed by atoms with Crippen LogP contribution in [0.5, 0.6) is 11.5 Å². The largest absolute Gasteiger partial charge is 0.490 e. The van der Waals surface area contributed by atoms with Gasteiger partial charge in [-0.25, -0.2) is 0 Å². The lowest BCUT2D eigenvalue weighted by Gasteiger charge is -2.36. The Balaban J connectivity index is 2.18. The average Bonchev–Trinajstić information content (AvgIpc) is 2.49. The molecule has 0 heterocycles. The molecule has 2 unspecified atom stereocenters. The smallest absolute Gasteiger partial charge is 0.161 e. The van der Waals surface area contributed by atoms with Crippen molar-refractivity contribution in [3.05, 3.63) is 23.8 Å². The van der Waals surface area contributed by atoms with Gasteiger partial charge in [0.25, 0.3) is 0 Å². The van der Waals surface area contributed by atoms with Gasteiger partial charge >= 0.3 is 0 Å². The van der Waals surface area contributed by atoms with Gasteiger partial charge in [0.05, 0.1) is 6.61 Å². The molecule has 2 atom stereocenters. The summed E-state index contributed by atoms with van der Waals surface area (Å²) in [6, 6.07) is 5.80. The van der Waals surface area contributed by atoms with Crippen LogP contribution in [0.4, 0.5) is 0 Å². The minimum Gasteiger partial charge on any atom is -0.490 e. The fraction of sp³-hybridized carbons (Fsp3) is 0.588. The van der Waals surface area contributed by atoms with Crippen LogP contribution in [0.3, 0.4) is 0 Å². The van der Waals surface area contributed by atoms with Crippen LogP contribution in [0.2, 0.25) is 0 Å². The van der Waals surface area contributed by atoms with Crippen LogP contribution in [0, 0.1) is 0 Å². The van der Waals surface area contributed by atoms with Crippen LogP contribution < -0.4 is 9.47 Å². The van der Waals surface area contributed by atoms with Crippen LogP contribution in [-0.4, -0.2) is 44.0 Å². The fourth-order valence-corrected chi connectivity index (χ4v) is 2.93. The molecule has 1 fully saturated rings. The van der Waals surface area contributed by atoms with Crippen LogP contribution in [0.1, 0.15) is 43.0 Å². The lowest BCUT2D eigenvalue weighted by molar-refractivity contribution is 0.0596. The summed E-state index contributed by atoms with van der Waals surface area (Å²) in [6.07, 6.45) is 5.68. The average molecular weight is 291 g/mol. The normalized spacial score (nSPS) is 22.1. The first-order valence-electron chi connectivity index (χ1n) is 7.70. The molecule has 0 amide bonds. The molecule has 2 rings (SSSR count). The van der Waals surface area contributed by atoms with Gasteiger partial charge in [-0.1, -0.05) is 6.42 Å². The number of hydrogen-bond donors (Lipinski definition) is 0. The van der Waals surface area contributed by atoms with Crippen molar-refractivity contribution >= 4 is 6.29 Å². The predicted octanol–water partition coefficient (Wildman–Crippen LogP) is 3.15. The first-order chi connectivity index (χ1) is 10.2. The van der Waals surface area contributed by atoms with Crippen molar-refractivity contribution in [3.63, 3.8) is 0 Å². The Morgan fingerprint density at radius 3 is 2.67 bits per heavy atom. The Labute approximate surface area is 127 Å². The van der Waals surface area contributed by atoms with E-state index in [1.54, 1.807) is 12.1 Å². The molecular weight excluding hydrogens is 266 g/mol.